The molecule has 0 atom stereocenters. The normalized spacial score (nSPS) is 16.2. The van der Waals surface area contributed by atoms with E-state index in [1.165, 1.54) is 11.6 Å². The molecule has 0 amide bonds. The Labute approximate surface area is 202 Å². The van der Waals surface area contributed by atoms with Gasteiger partial charge in [0, 0.05) is 49.2 Å². The summed E-state index contributed by atoms with van der Waals surface area (Å²) in [6.07, 6.45) is 6.44. The fraction of sp³-hybridized carbons (Fsp3) is 0.357. The summed E-state index contributed by atoms with van der Waals surface area (Å²) >= 11 is 0. The number of aromatic nitrogens is 2. The molecule has 0 N–H and O–H groups in total. The van der Waals surface area contributed by atoms with E-state index in [4.69, 9.17) is 0 Å². The standard InChI is InChI=1S/C28H33FN3OP/c1-4-9-24-21(3)26(5-2)30-31-27(24)18-23-12-13-25(29)28(19-23)34(33)16-14-32(15-17-34)20-22-10-7-6-8-11-22/h4,6-13,19H,5,14-18,20H2,1-3H3. The Morgan fingerprint density at radius 1 is 1.03 bits per heavy atom. The Morgan fingerprint density at radius 3 is 2.41 bits per heavy atom. The molecule has 0 aliphatic carbocycles. The van der Waals surface area contributed by atoms with E-state index in [0.717, 1.165) is 41.0 Å². The number of nitrogens with zero attached hydrogens (tertiary/aromatic N) is 3. The first-order valence-corrected chi connectivity index (χ1v) is 14.1. The largest absolute Gasteiger partial charge is 0.318 e. The molecule has 34 heavy (non-hydrogen) atoms. The zero-order chi connectivity index (χ0) is 24.1. The molecule has 0 radical (unpaired) electrons. The van der Waals surface area contributed by atoms with Crippen LogP contribution in [0.3, 0.4) is 0 Å². The van der Waals surface area contributed by atoms with E-state index in [1.54, 1.807) is 6.07 Å². The number of halogens is 1. The summed E-state index contributed by atoms with van der Waals surface area (Å²) < 4.78 is 28.8. The minimum Gasteiger partial charge on any atom is -0.318 e. The molecule has 4 nitrogen and oxygen atoms in total. The van der Waals surface area contributed by atoms with E-state index >= 15 is 0 Å². The lowest BCUT2D eigenvalue weighted by molar-refractivity contribution is 0.288. The monoisotopic (exact) mass is 477 g/mol. The van der Waals surface area contributed by atoms with Gasteiger partial charge in [-0.2, -0.15) is 10.2 Å². The van der Waals surface area contributed by atoms with Crippen LogP contribution in [0.4, 0.5) is 4.39 Å². The van der Waals surface area contributed by atoms with Gasteiger partial charge in [-0.05, 0) is 49.1 Å². The van der Waals surface area contributed by atoms with Crippen LogP contribution in [-0.4, -0.2) is 40.5 Å². The second kappa shape index (κ2) is 10.8. The summed E-state index contributed by atoms with van der Waals surface area (Å²) in [5.41, 5.74) is 6.22. The second-order valence-electron chi connectivity index (χ2n) is 9.05. The van der Waals surface area contributed by atoms with Crippen molar-refractivity contribution in [1.82, 2.24) is 15.1 Å². The molecule has 1 aliphatic rings. The molecule has 178 valence electrons. The van der Waals surface area contributed by atoms with Crippen LogP contribution in [0.2, 0.25) is 0 Å². The smallest absolute Gasteiger partial charge is 0.133 e. The Bertz CT molecular complexity index is 1210. The van der Waals surface area contributed by atoms with Gasteiger partial charge in [-0.1, -0.05) is 55.5 Å². The predicted octanol–water partition coefficient (Wildman–Crippen LogP) is 5.61. The maximum Gasteiger partial charge on any atom is 0.133 e. The topological polar surface area (TPSA) is 46.1 Å². The van der Waals surface area contributed by atoms with Gasteiger partial charge in [-0.15, -0.1) is 0 Å². The summed E-state index contributed by atoms with van der Waals surface area (Å²) in [5, 5.41) is 9.28. The highest BCUT2D eigenvalue weighted by atomic mass is 31.2. The first-order valence-electron chi connectivity index (χ1n) is 12.0. The predicted molar refractivity (Wildman–Crippen MR) is 139 cm³/mol. The highest BCUT2D eigenvalue weighted by Crippen LogP contribution is 2.47. The molecule has 6 heteroatoms. The SMILES string of the molecule is CC=Cc1c(Cc2ccc(F)c(P3(=O)CCN(Cc4ccccc4)CC3)c2)nnc(CC)c1C. The summed E-state index contributed by atoms with van der Waals surface area (Å²) in [4.78, 5) is 2.31. The first kappa shape index (κ1) is 24.5. The van der Waals surface area contributed by atoms with Crippen molar-refractivity contribution < 1.29 is 8.96 Å². The highest BCUT2D eigenvalue weighted by molar-refractivity contribution is 7.71. The number of rotatable bonds is 7. The molecular weight excluding hydrogens is 444 g/mol. The van der Waals surface area contributed by atoms with Crippen LogP contribution in [0.1, 0.15) is 47.5 Å². The Kier molecular flexibility index (Phi) is 7.75. The number of hydrogen-bond donors (Lipinski definition) is 0. The van der Waals surface area contributed by atoms with Crippen LogP contribution in [0.5, 0.6) is 0 Å². The molecule has 0 bridgehead atoms. The lowest BCUT2D eigenvalue weighted by Crippen LogP contribution is -2.37. The van der Waals surface area contributed by atoms with Crippen molar-refractivity contribution in [3.63, 3.8) is 0 Å². The fourth-order valence-corrected chi connectivity index (χ4v) is 7.50. The van der Waals surface area contributed by atoms with Gasteiger partial charge in [-0.3, -0.25) is 4.90 Å². The quantitative estimate of drug-likeness (QED) is 0.415. The number of hydrogen-bond acceptors (Lipinski definition) is 4. The third-order valence-corrected chi connectivity index (χ3v) is 9.80. The zero-order valence-electron chi connectivity index (χ0n) is 20.3. The maximum absolute atomic E-state index is 14.9. The van der Waals surface area contributed by atoms with E-state index in [0.29, 0.717) is 37.1 Å². The fourth-order valence-electron chi connectivity index (χ4n) is 4.72. The van der Waals surface area contributed by atoms with Gasteiger partial charge in [0.2, 0.25) is 0 Å². The van der Waals surface area contributed by atoms with Crippen molar-refractivity contribution >= 4 is 18.5 Å². The summed E-state index contributed by atoms with van der Waals surface area (Å²) in [5.74, 6) is -0.360. The lowest BCUT2D eigenvalue weighted by Gasteiger charge is -2.32. The van der Waals surface area contributed by atoms with Crippen LogP contribution < -0.4 is 5.30 Å². The zero-order valence-corrected chi connectivity index (χ0v) is 21.2. The molecule has 4 rings (SSSR count). The number of aryl methyl sites for hydroxylation is 1. The van der Waals surface area contributed by atoms with Gasteiger partial charge in [0.05, 0.1) is 11.4 Å². The Balaban J connectivity index is 1.54. The van der Waals surface area contributed by atoms with Crippen molar-refractivity contribution in [3.8, 4) is 0 Å². The van der Waals surface area contributed by atoms with E-state index in [9.17, 15) is 8.96 Å². The van der Waals surface area contributed by atoms with Gasteiger partial charge in [0.15, 0.2) is 0 Å². The van der Waals surface area contributed by atoms with Gasteiger partial charge in [0.25, 0.3) is 0 Å². The molecule has 0 spiro atoms. The highest BCUT2D eigenvalue weighted by Gasteiger charge is 2.33. The van der Waals surface area contributed by atoms with Gasteiger partial charge >= 0.3 is 0 Å². The molecule has 1 aliphatic heterocycles. The number of benzene rings is 2. The van der Waals surface area contributed by atoms with Crippen LogP contribution in [0.15, 0.2) is 54.6 Å². The van der Waals surface area contributed by atoms with Crippen LogP contribution in [-0.2, 0) is 24.0 Å². The van der Waals surface area contributed by atoms with Crippen LogP contribution in [0.25, 0.3) is 6.08 Å². The minimum absolute atomic E-state index is 0.360. The molecule has 1 aromatic heterocycles. The van der Waals surface area contributed by atoms with E-state index < -0.39 is 7.14 Å². The third kappa shape index (κ3) is 5.37. The first-order chi connectivity index (χ1) is 16.4. The van der Waals surface area contributed by atoms with E-state index in [-0.39, 0.29) is 5.82 Å². The second-order valence-corrected chi connectivity index (χ2v) is 12.2. The molecule has 3 aromatic rings. The maximum atomic E-state index is 14.9. The van der Waals surface area contributed by atoms with Crippen molar-refractivity contribution in [3.05, 3.63) is 94.1 Å². The van der Waals surface area contributed by atoms with Gasteiger partial charge < -0.3 is 4.57 Å². The molecule has 0 saturated carbocycles. The molecule has 2 heterocycles. The van der Waals surface area contributed by atoms with E-state index in [1.807, 2.05) is 37.3 Å². The van der Waals surface area contributed by atoms with Crippen LogP contribution in [0, 0.1) is 12.7 Å². The third-order valence-electron chi connectivity index (χ3n) is 6.73. The van der Waals surface area contributed by atoms with Gasteiger partial charge in [-0.25, -0.2) is 4.39 Å². The summed E-state index contributed by atoms with van der Waals surface area (Å²) in [7, 11) is -2.79. The van der Waals surface area contributed by atoms with Gasteiger partial charge in [0.1, 0.15) is 13.0 Å². The summed E-state index contributed by atoms with van der Waals surface area (Å²) in [6.45, 7) is 8.40. The van der Waals surface area contributed by atoms with E-state index in [2.05, 4.69) is 47.2 Å². The Morgan fingerprint density at radius 2 is 1.74 bits per heavy atom. The molecule has 0 unspecified atom stereocenters. The van der Waals surface area contributed by atoms with Crippen molar-refractivity contribution in [2.45, 2.75) is 40.2 Å². The Hall–Kier alpha value is -2.62. The number of allylic oxidation sites excluding steroid dienone is 1. The van der Waals surface area contributed by atoms with Crippen molar-refractivity contribution in [2.75, 3.05) is 25.4 Å². The average Bonchev–Trinajstić information content (AvgIpc) is 2.85. The summed E-state index contributed by atoms with van der Waals surface area (Å²) in [6, 6.07) is 15.4. The van der Waals surface area contributed by atoms with Crippen molar-refractivity contribution in [1.29, 1.82) is 0 Å². The average molecular weight is 478 g/mol. The molecule has 1 saturated heterocycles. The minimum atomic E-state index is -2.79. The molecule has 1 fully saturated rings. The molecular formula is C28H33FN3OP. The van der Waals surface area contributed by atoms with Crippen LogP contribution >= 0.6 is 7.14 Å². The van der Waals surface area contributed by atoms with Crippen molar-refractivity contribution in [2.24, 2.45) is 0 Å². The lowest BCUT2D eigenvalue weighted by atomic mass is 9.99. The molecule has 2 aromatic carbocycles.